The van der Waals surface area contributed by atoms with Crippen LogP contribution in [-0.2, 0) is 0 Å². The quantitative estimate of drug-likeness (QED) is 0.430. The molecule has 0 fully saturated rings. The number of thioether (sulfide) groups is 1. The first-order valence-electron chi connectivity index (χ1n) is 6.50. The topological polar surface area (TPSA) is 26.3 Å². The van der Waals surface area contributed by atoms with Crippen molar-refractivity contribution in [3.05, 3.63) is 65.7 Å². The predicted octanol–water partition coefficient (Wildman–Crippen LogP) is 4.91. The second-order valence-corrected chi connectivity index (χ2v) is 5.25. The van der Waals surface area contributed by atoms with Gasteiger partial charge >= 0.3 is 6.61 Å². The van der Waals surface area contributed by atoms with Crippen LogP contribution >= 0.6 is 11.8 Å². The fourth-order valence-corrected chi connectivity index (χ4v) is 2.19. The van der Waals surface area contributed by atoms with Crippen LogP contribution < -0.4 is 4.74 Å². The van der Waals surface area contributed by atoms with Crippen LogP contribution in [-0.4, -0.2) is 18.7 Å². The van der Waals surface area contributed by atoms with E-state index in [4.69, 9.17) is 0 Å². The van der Waals surface area contributed by atoms with Crippen LogP contribution in [0.2, 0.25) is 0 Å². The number of halogens is 2. The number of allylic oxidation sites excluding steroid dienone is 1. The van der Waals surface area contributed by atoms with Crippen LogP contribution in [0.3, 0.4) is 0 Å². The number of ether oxygens (including phenoxy) is 1. The Labute approximate surface area is 131 Å². The number of benzene rings is 2. The first-order chi connectivity index (χ1) is 10.6. The zero-order valence-electron chi connectivity index (χ0n) is 11.8. The lowest BCUT2D eigenvalue weighted by Gasteiger charge is -2.03. The molecule has 114 valence electrons. The number of hydrogen-bond donors (Lipinski definition) is 0. The Morgan fingerprint density at radius 1 is 1.09 bits per heavy atom. The third-order valence-electron chi connectivity index (χ3n) is 2.91. The highest BCUT2D eigenvalue weighted by molar-refractivity contribution is 7.98. The van der Waals surface area contributed by atoms with E-state index in [2.05, 4.69) is 4.74 Å². The number of alkyl halides is 2. The average molecular weight is 320 g/mol. The van der Waals surface area contributed by atoms with Gasteiger partial charge in [0.2, 0.25) is 0 Å². The van der Waals surface area contributed by atoms with Gasteiger partial charge in [-0.2, -0.15) is 8.78 Å². The number of carbonyl (C=O) groups is 1. The molecule has 2 rings (SSSR count). The average Bonchev–Trinajstić information content (AvgIpc) is 2.53. The molecular formula is C17H14F2O2S. The Morgan fingerprint density at radius 2 is 1.73 bits per heavy atom. The maximum absolute atomic E-state index is 12.0. The third kappa shape index (κ3) is 4.70. The van der Waals surface area contributed by atoms with Crippen molar-refractivity contribution in [2.75, 3.05) is 6.26 Å². The molecule has 0 atom stereocenters. The largest absolute Gasteiger partial charge is 0.435 e. The molecule has 0 saturated heterocycles. The van der Waals surface area contributed by atoms with Crippen molar-refractivity contribution < 1.29 is 18.3 Å². The normalized spacial score (nSPS) is 11.1. The van der Waals surface area contributed by atoms with Crippen LogP contribution in [0.4, 0.5) is 8.78 Å². The monoisotopic (exact) mass is 320 g/mol. The van der Waals surface area contributed by atoms with Crippen LogP contribution in [0.5, 0.6) is 5.75 Å². The summed E-state index contributed by atoms with van der Waals surface area (Å²) >= 11 is 1.61. The van der Waals surface area contributed by atoms with Gasteiger partial charge in [0, 0.05) is 10.5 Å². The number of hydrogen-bond acceptors (Lipinski definition) is 3. The molecule has 0 amide bonds. The van der Waals surface area contributed by atoms with Crippen molar-refractivity contribution in [3.8, 4) is 5.75 Å². The second kappa shape index (κ2) is 7.75. The molecule has 0 aliphatic rings. The lowest BCUT2D eigenvalue weighted by molar-refractivity contribution is -0.0498. The summed E-state index contributed by atoms with van der Waals surface area (Å²) in [6.07, 6.45) is 5.06. The zero-order valence-corrected chi connectivity index (χ0v) is 12.6. The van der Waals surface area contributed by atoms with Crippen molar-refractivity contribution in [1.82, 2.24) is 0 Å². The van der Waals surface area contributed by atoms with E-state index in [1.165, 1.54) is 18.2 Å². The Morgan fingerprint density at radius 3 is 2.27 bits per heavy atom. The molecule has 0 aliphatic carbocycles. The van der Waals surface area contributed by atoms with Crippen LogP contribution in [0.25, 0.3) is 6.08 Å². The standard InChI is InChI=1S/C17H14F2O2S/c1-22-15-9-5-13(6-10-15)16(20)11-4-12-2-7-14(8-3-12)21-17(18)19/h2-11,17H,1H3. The third-order valence-corrected chi connectivity index (χ3v) is 3.65. The fraction of sp³-hybridized carbons (Fsp3) is 0.118. The molecule has 0 bridgehead atoms. The molecule has 0 heterocycles. The molecule has 2 aromatic carbocycles. The summed E-state index contributed by atoms with van der Waals surface area (Å²) in [5.41, 5.74) is 1.34. The summed E-state index contributed by atoms with van der Waals surface area (Å²) < 4.78 is 28.3. The molecule has 0 unspecified atom stereocenters. The highest BCUT2D eigenvalue weighted by atomic mass is 32.2. The maximum Gasteiger partial charge on any atom is 0.387 e. The van der Waals surface area contributed by atoms with E-state index in [1.807, 2.05) is 18.4 Å². The summed E-state index contributed by atoms with van der Waals surface area (Å²) in [6.45, 7) is -2.84. The number of ketones is 1. The molecule has 2 nitrogen and oxygen atoms in total. The van der Waals surface area contributed by atoms with Crippen molar-refractivity contribution in [2.24, 2.45) is 0 Å². The Bertz CT molecular complexity index is 649. The summed E-state index contributed by atoms with van der Waals surface area (Å²) in [5, 5.41) is 0. The second-order valence-electron chi connectivity index (χ2n) is 4.37. The van der Waals surface area contributed by atoms with Crippen LogP contribution in [0.15, 0.2) is 59.5 Å². The Hall–Kier alpha value is -2.14. The van der Waals surface area contributed by atoms with Gasteiger partial charge in [-0.25, -0.2) is 0 Å². The smallest absolute Gasteiger partial charge is 0.387 e. The Kier molecular flexibility index (Phi) is 5.72. The molecule has 0 aromatic heterocycles. The summed E-state index contributed by atoms with van der Waals surface area (Å²) in [6, 6.07) is 13.4. The van der Waals surface area contributed by atoms with Crippen LogP contribution in [0.1, 0.15) is 15.9 Å². The molecule has 0 N–H and O–H groups in total. The lowest BCUT2D eigenvalue weighted by Crippen LogP contribution is -2.01. The zero-order chi connectivity index (χ0) is 15.9. The molecule has 2 aromatic rings. The minimum atomic E-state index is -2.84. The van der Waals surface area contributed by atoms with Gasteiger partial charge in [-0.3, -0.25) is 4.79 Å². The molecule has 0 spiro atoms. The van der Waals surface area contributed by atoms with E-state index < -0.39 is 6.61 Å². The van der Waals surface area contributed by atoms with Crippen molar-refractivity contribution in [2.45, 2.75) is 11.5 Å². The van der Waals surface area contributed by atoms with Gasteiger partial charge < -0.3 is 4.74 Å². The van der Waals surface area contributed by atoms with Gasteiger partial charge in [-0.1, -0.05) is 18.2 Å². The lowest BCUT2D eigenvalue weighted by atomic mass is 10.1. The van der Waals surface area contributed by atoms with Gasteiger partial charge in [0.25, 0.3) is 0 Å². The minimum absolute atomic E-state index is 0.0890. The molecule has 0 saturated carbocycles. The predicted molar refractivity (Wildman–Crippen MR) is 84.7 cm³/mol. The van der Waals surface area contributed by atoms with E-state index >= 15 is 0 Å². The van der Waals surface area contributed by atoms with E-state index in [9.17, 15) is 13.6 Å². The molecule has 5 heteroatoms. The van der Waals surface area contributed by atoms with Gasteiger partial charge in [-0.05, 0) is 54.3 Å². The molecule has 0 radical (unpaired) electrons. The first kappa shape index (κ1) is 16.2. The van der Waals surface area contributed by atoms with Crippen molar-refractivity contribution in [3.63, 3.8) is 0 Å². The first-order valence-corrected chi connectivity index (χ1v) is 7.72. The van der Waals surface area contributed by atoms with Crippen molar-refractivity contribution >= 4 is 23.6 Å². The van der Waals surface area contributed by atoms with E-state index in [0.717, 1.165) is 10.5 Å². The van der Waals surface area contributed by atoms with Gasteiger partial charge in [0.1, 0.15) is 5.75 Å². The summed E-state index contributed by atoms with van der Waals surface area (Å²) in [7, 11) is 0. The highest BCUT2D eigenvalue weighted by Gasteiger charge is 2.04. The minimum Gasteiger partial charge on any atom is -0.435 e. The van der Waals surface area contributed by atoms with Gasteiger partial charge in [0.15, 0.2) is 5.78 Å². The maximum atomic E-state index is 12.0. The van der Waals surface area contributed by atoms with E-state index in [-0.39, 0.29) is 11.5 Å². The van der Waals surface area contributed by atoms with E-state index in [1.54, 1.807) is 42.1 Å². The molecule has 22 heavy (non-hydrogen) atoms. The summed E-state index contributed by atoms with van der Waals surface area (Å²) in [5.74, 6) is -0.0216. The van der Waals surface area contributed by atoms with E-state index in [0.29, 0.717) is 5.56 Å². The molecular weight excluding hydrogens is 306 g/mol. The van der Waals surface area contributed by atoms with Gasteiger partial charge in [-0.15, -0.1) is 11.8 Å². The van der Waals surface area contributed by atoms with Crippen molar-refractivity contribution in [1.29, 1.82) is 0 Å². The summed E-state index contributed by atoms with van der Waals surface area (Å²) in [4.78, 5) is 13.1. The fourth-order valence-electron chi connectivity index (χ4n) is 1.78. The molecule has 0 aliphatic heterocycles. The number of rotatable bonds is 6. The number of carbonyl (C=O) groups excluding carboxylic acids is 1. The van der Waals surface area contributed by atoms with Gasteiger partial charge in [0.05, 0.1) is 0 Å². The highest BCUT2D eigenvalue weighted by Crippen LogP contribution is 2.17. The SMILES string of the molecule is CSc1ccc(C(=O)C=Cc2ccc(OC(F)F)cc2)cc1. The van der Waals surface area contributed by atoms with Crippen LogP contribution in [0, 0.1) is 0 Å². The Balaban J connectivity index is 2.02.